The number of para-hydroxylation sites is 1. The van der Waals surface area contributed by atoms with Crippen LogP contribution in [0.25, 0.3) is 10.9 Å². The average molecular weight is 346 g/mol. The summed E-state index contributed by atoms with van der Waals surface area (Å²) in [5, 5.41) is 11.5. The number of hydrogen-bond acceptors (Lipinski definition) is 2. The highest BCUT2D eigenvalue weighted by molar-refractivity contribution is 9.10. The van der Waals surface area contributed by atoms with Gasteiger partial charge in [-0.1, -0.05) is 30.3 Å². The third-order valence-electron chi connectivity index (χ3n) is 3.46. The zero-order valence-electron chi connectivity index (χ0n) is 11.3. The summed E-state index contributed by atoms with van der Waals surface area (Å²) in [6, 6.07) is 14.2. The van der Waals surface area contributed by atoms with Crippen molar-refractivity contribution in [3.8, 4) is 0 Å². The Labute approximate surface area is 130 Å². The Morgan fingerprint density at radius 1 is 1.14 bits per heavy atom. The van der Waals surface area contributed by atoms with Crippen LogP contribution in [0, 0.1) is 12.7 Å². The summed E-state index contributed by atoms with van der Waals surface area (Å²) in [5.74, 6) is -0.281. The maximum Gasteiger partial charge on any atom is 0.126 e. The van der Waals surface area contributed by atoms with Crippen molar-refractivity contribution >= 4 is 26.8 Å². The number of nitrogens with zero attached hydrogens (tertiary/aromatic N) is 1. The van der Waals surface area contributed by atoms with E-state index in [0.29, 0.717) is 16.8 Å². The van der Waals surface area contributed by atoms with Crippen molar-refractivity contribution in [2.75, 3.05) is 0 Å². The fourth-order valence-electron chi connectivity index (χ4n) is 2.29. The summed E-state index contributed by atoms with van der Waals surface area (Å²) in [7, 11) is 0. The Morgan fingerprint density at radius 3 is 2.67 bits per heavy atom. The second-order valence-electron chi connectivity index (χ2n) is 4.96. The van der Waals surface area contributed by atoms with Gasteiger partial charge in [-0.15, -0.1) is 0 Å². The standard InChI is InChI=1S/C17H13BrFNO/c1-10-8-12(6-7-14(10)19)17(21)16-13(18)9-11-4-2-3-5-15(11)20-16/h2-9,17,21H,1H3. The first-order chi connectivity index (χ1) is 10.1. The van der Waals surface area contributed by atoms with Gasteiger partial charge >= 0.3 is 0 Å². The van der Waals surface area contributed by atoms with Crippen molar-refractivity contribution in [2.45, 2.75) is 13.0 Å². The Balaban J connectivity index is 2.10. The second-order valence-corrected chi connectivity index (χ2v) is 5.81. The number of hydrogen-bond donors (Lipinski definition) is 1. The Morgan fingerprint density at radius 2 is 1.90 bits per heavy atom. The van der Waals surface area contributed by atoms with E-state index in [1.165, 1.54) is 6.07 Å². The molecular formula is C17H13BrFNO. The summed E-state index contributed by atoms with van der Waals surface area (Å²) < 4.78 is 14.1. The molecule has 21 heavy (non-hydrogen) atoms. The smallest absolute Gasteiger partial charge is 0.126 e. The van der Waals surface area contributed by atoms with Gasteiger partial charge in [0.1, 0.15) is 11.9 Å². The van der Waals surface area contributed by atoms with Gasteiger partial charge in [-0.25, -0.2) is 9.37 Å². The first-order valence-corrected chi connectivity index (χ1v) is 7.35. The first-order valence-electron chi connectivity index (χ1n) is 6.55. The monoisotopic (exact) mass is 345 g/mol. The molecule has 0 aliphatic heterocycles. The summed E-state index contributed by atoms with van der Waals surface area (Å²) >= 11 is 3.45. The van der Waals surface area contributed by atoms with Gasteiger partial charge in [-0.3, -0.25) is 0 Å². The number of benzene rings is 2. The number of fused-ring (bicyclic) bond motifs is 1. The largest absolute Gasteiger partial charge is 0.382 e. The topological polar surface area (TPSA) is 33.1 Å². The molecular weight excluding hydrogens is 333 g/mol. The predicted octanol–water partition coefficient (Wildman–Crippen LogP) is 4.53. The second kappa shape index (κ2) is 5.54. The maximum atomic E-state index is 13.3. The molecule has 2 nitrogen and oxygen atoms in total. The van der Waals surface area contributed by atoms with E-state index in [-0.39, 0.29) is 5.82 Å². The third-order valence-corrected chi connectivity index (χ3v) is 4.10. The van der Waals surface area contributed by atoms with Crippen LogP contribution >= 0.6 is 15.9 Å². The third kappa shape index (κ3) is 2.69. The van der Waals surface area contributed by atoms with Crippen LogP contribution in [0.15, 0.2) is 53.0 Å². The molecule has 1 unspecified atom stereocenters. The molecule has 0 spiro atoms. The van der Waals surface area contributed by atoms with E-state index in [9.17, 15) is 9.50 Å². The summed E-state index contributed by atoms with van der Waals surface area (Å²) in [4.78, 5) is 4.51. The van der Waals surface area contributed by atoms with Crippen LogP contribution in [0.1, 0.15) is 22.9 Å². The normalized spacial score (nSPS) is 12.6. The highest BCUT2D eigenvalue weighted by Gasteiger charge is 2.17. The molecule has 0 aliphatic carbocycles. The van der Waals surface area contributed by atoms with Crippen molar-refractivity contribution in [2.24, 2.45) is 0 Å². The molecule has 2 aromatic carbocycles. The lowest BCUT2D eigenvalue weighted by atomic mass is 10.0. The van der Waals surface area contributed by atoms with E-state index in [0.717, 1.165) is 15.4 Å². The SMILES string of the molecule is Cc1cc(C(O)c2nc3ccccc3cc2Br)ccc1F. The van der Waals surface area contributed by atoms with Gasteiger partial charge < -0.3 is 5.11 Å². The van der Waals surface area contributed by atoms with Gasteiger partial charge in [0.15, 0.2) is 0 Å². The van der Waals surface area contributed by atoms with Crippen LogP contribution in [-0.4, -0.2) is 10.1 Å². The highest BCUT2D eigenvalue weighted by Crippen LogP contribution is 2.30. The Kier molecular flexibility index (Phi) is 3.74. The summed E-state index contributed by atoms with van der Waals surface area (Å²) in [6.07, 6.45) is -0.900. The molecule has 3 aromatic rings. The highest BCUT2D eigenvalue weighted by atomic mass is 79.9. The van der Waals surface area contributed by atoms with Crippen LogP contribution in [0.2, 0.25) is 0 Å². The van der Waals surface area contributed by atoms with Gasteiger partial charge in [0, 0.05) is 9.86 Å². The number of halogens is 2. The van der Waals surface area contributed by atoms with Crippen molar-refractivity contribution in [1.82, 2.24) is 4.98 Å². The number of aliphatic hydroxyl groups is 1. The van der Waals surface area contributed by atoms with E-state index in [1.807, 2.05) is 30.3 Å². The summed E-state index contributed by atoms with van der Waals surface area (Å²) in [6.45, 7) is 1.68. The average Bonchev–Trinajstić information content (AvgIpc) is 2.48. The number of pyridine rings is 1. The molecule has 1 aromatic heterocycles. The molecule has 0 amide bonds. The van der Waals surface area contributed by atoms with Crippen LogP contribution < -0.4 is 0 Å². The number of aryl methyl sites for hydroxylation is 1. The minimum Gasteiger partial charge on any atom is -0.382 e. The van der Waals surface area contributed by atoms with Crippen molar-refractivity contribution in [3.63, 3.8) is 0 Å². The lowest BCUT2D eigenvalue weighted by Gasteiger charge is -2.14. The Hall–Kier alpha value is -1.78. The lowest BCUT2D eigenvalue weighted by molar-refractivity contribution is 0.214. The number of aromatic nitrogens is 1. The van der Waals surface area contributed by atoms with Crippen molar-refractivity contribution in [1.29, 1.82) is 0 Å². The molecule has 1 heterocycles. The van der Waals surface area contributed by atoms with Crippen molar-refractivity contribution < 1.29 is 9.50 Å². The van der Waals surface area contributed by atoms with Gasteiger partial charge in [0.2, 0.25) is 0 Å². The molecule has 0 aliphatic rings. The minimum atomic E-state index is -0.900. The molecule has 0 bridgehead atoms. The van der Waals surface area contributed by atoms with Crippen molar-refractivity contribution in [3.05, 3.63) is 75.6 Å². The quantitative estimate of drug-likeness (QED) is 0.740. The van der Waals surface area contributed by atoms with E-state index in [2.05, 4.69) is 20.9 Å². The zero-order valence-corrected chi connectivity index (χ0v) is 12.9. The number of aliphatic hydroxyl groups excluding tert-OH is 1. The first kappa shape index (κ1) is 14.2. The minimum absolute atomic E-state index is 0.281. The molecule has 106 valence electrons. The molecule has 3 rings (SSSR count). The fourth-order valence-corrected chi connectivity index (χ4v) is 2.84. The maximum absolute atomic E-state index is 13.3. The van der Waals surface area contributed by atoms with Crippen LogP contribution in [0.4, 0.5) is 4.39 Å². The molecule has 1 N–H and O–H groups in total. The lowest BCUT2D eigenvalue weighted by Crippen LogP contribution is -2.04. The molecule has 4 heteroatoms. The Bertz CT molecular complexity index is 819. The molecule has 1 atom stereocenters. The summed E-state index contributed by atoms with van der Waals surface area (Å²) in [5.41, 5.74) is 2.47. The molecule has 0 saturated heterocycles. The van der Waals surface area contributed by atoms with E-state index < -0.39 is 6.10 Å². The number of rotatable bonds is 2. The van der Waals surface area contributed by atoms with Crippen LogP contribution in [0.3, 0.4) is 0 Å². The predicted molar refractivity (Wildman–Crippen MR) is 84.6 cm³/mol. The fraction of sp³-hybridized carbons (Fsp3) is 0.118. The van der Waals surface area contributed by atoms with E-state index in [1.54, 1.807) is 19.1 Å². The van der Waals surface area contributed by atoms with E-state index in [4.69, 9.17) is 0 Å². The zero-order chi connectivity index (χ0) is 15.0. The van der Waals surface area contributed by atoms with E-state index >= 15 is 0 Å². The van der Waals surface area contributed by atoms with Gasteiger partial charge in [0.25, 0.3) is 0 Å². The van der Waals surface area contributed by atoms with Gasteiger partial charge in [-0.2, -0.15) is 0 Å². The molecule has 0 fully saturated rings. The van der Waals surface area contributed by atoms with Crippen LogP contribution in [0.5, 0.6) is 0 Å². The van der Waals surface area contributed by atoms with Gasteiger partial charge in [0.05, 0.1) is 11.2 Å². The van der Waals surface area contributed by atoms with Gasteiger partial charge in [-0.05, 0) is 52.2 Å². The molecule has 0 saturated carbocycles. The molecule has 0 radical (unpaired) electrons. The van der Waals surface area contributed by atoms with Crippen LogP contribution in [-0.2, 0) is 0 Å².